The maximum Gasteiger partial charge on any atom is 0.106 e. The fraction of sp³-hybridized carbons (Fsp3) is 0.0455. The van der Waals surface area contributed by atoms with E-state index in [-0.39, 0.29) is 0 Å². The minimum absolute atomic E-state index is 0.687. The SMILES string of the molecule is S=C(NCC=C(c1ccccc1)c1ccccc1)c1ccccc1. The fourth-order valence-electron chi connectivity index (χ4n) is 2.58. The van der Waals surface area contributed by atoms with Crippen molar-refractivity contribution in [3.63, 3.8) is 0 Å². The number of benzene rings is 3. The van der Waals surface area contributed by atoms with Gasteiger partial charge in [0.25, 0.3) is 0 Å². The summed E-state index contributed by atoms with van der Waals surface area (Å²) in [6, 6.07) is 30.9. The van der Waals surface area contributed by atoms with Crippen LogP contribution in [-0.2, 0) is 0 Å². The van der Waals surface area contributed by atoms with Crippen molar-refractivity contribution >= 4 is 22.8 Å². The highest BCUT2D eigenvalue weighted by Gasteiger charge is 2.04. The molecule has 0 atom stereocenters. The molecule has 0 aliphatic heterocycles. The van der Waals surface area contributed by atoms with E-state index in [0.717, 1.165) is 10.6 Å². The Kier molecular flexibility index (Phi) is 5.54. The van der Waals surface area contributed by atoms with Crippen LogP contribution in [0.25, 0.3) is 5.57 Å². The first-order chi connectivity index (χ1) is 11.8. The molecule has 3 rings (SSSR count). The summed E-state index contributed by atoms with van der Waals surface area (Å²) in [4.78, 5) is 0.771. The van der Waals surface area contributed by atoms with Crippen molar-refractivity contribution in [3.05, 3.63) is 114 Å². The molecule has 3 aromatic carbocycles. The van der Waals surface area contributed by atoms with Gasteiger partial charge in [-0.25, -0.2) is 0 Å². The molecule has 3 aromatic rings. The Bertz CT molecular complexity index is 767. The van der Waals surface area contributed by atoms with Crippen LogP contribution < -0.4 is 5.32 Å². The van der Waals surface area contributed by atoms with Crippen molar-refractivity contribution in [1.29, 1.82) is 0 Å². The van der Waals surface area contributed by atoms with Gasteiger partial charge in [0.15, 0.2) is 0 Å². The van der Waals surface area contributed by atoms with E-state index >= 15 is 0 Å². The summed E-state index contributed by atoms with van der Waals surface area (Å²) in [5.74, 6) is 0. The van der Waals surface area contributed by atoms with Crippen molar-refractivity contribution in [1.82, 2.24) is 5.32 Å². The summed E-state index contributed by atoms with van der Waals surface area (Å²) in [7, 11) is 0. The zero-order valence-electron chi connectivity index (χ0n) is 13.4. The molecule has 0 amide bonds. The Morgan fingerprint density at radius 1 is 0.667 bits per heavy atom. The molecule has 1 nitrogen and oxygen atoms in total. The molecule has 0 aromatic heterocycles. The minimum Gasteiger partial charge on any atom is -0.372 e. The van der Waals surface area contributed by atoms with Crippen LogP contribution in [-0.4, -0.2) is 11.5 Å². The van der Waals surface area contributed by atoms with Crippen molar-refractivity contribution < 1.29 is 0 Å². The normalized spacial score (nSPS) is 10.0. The van der Waals surface area contributed by atoms with Gasteiger partial charge in [0.05, 0.1) is 0 Å². The second-order valence-corrected chi connectivity index (χ2v) is 5.83. The predicted octanol–water partition coefficient (Wildman–Crippen LogP) is 5.08. The number of hydrogen-bond donors (Lipinski definition) is 1. The van der Waals surface area contributed by atoms with Crippen molar-refractivity contribution in [3.8, 4) is 0 Å². The van der Waals surface area contributed by atoms with Crippen molar-refractivity contribution in [2.75, 3.05) is 6.54 Å². The zero-order chi connectivity index (χ0) is 16.6. The summed E-state index contributed by atoms with van der Waals surface area (Å²) < 4.78 is 0. The lowest BCUT2D eigenvalue weighted by Gasteiger charge is -2.10. The van der Waals surface area contributed by atoms with Crippen LogP contribution >= 0.6 is 12.2 Å². The molecule has 2 heteroatoms. The van der Waals surface area contributed by atoms with E-state index in [1.807, 2.05) is 42.5 Å². The largest absolute Gasteiger partial charge is 0.372 e. The third kappa shape index (κ3) is 4.18. The maximum atomic E-state index is 5.47. The topological polar surface area (TPSA) is 12.0 Å². The van der Waals surface area contributed by atoms with Crippen LogP contribution in [0.2, 0.25) is 0 Å². The highest BCUT2D eigenvalue weighted by atomic mass is 32.1. The summed E-state index contributed by atoms with van der Waals surface area (Å²) in [5.41, 5.74) is 4.66. The second kappa shape index (κ2) is 8.23. The molecule has 118 valence electrons. The maximum absolute atomic E-state index is 5.47. The molecule has 24 heavy (non-hydrogen) atoms. The van der Waals surface area contributed by atoms with E-state index < -0.39 is 0 Å². The zero-order valence-corrected chi connectivity index (χ0v) is 14.2. The predicted molar refractivity (Wildman–Crippen MR) is 106 cm³/mol. The van der Waals surface area contributed by atoms with Crippen LogP contribution in [0.4, 0.5) is 0 Å². The molecular formula is C22H19NS. The van der Waals surface area contributed by atoms with Gasteiger partial charge in [-0.05, 0) is 16.7 Å². The first kappa shape index (κ1) is 16.2. The van der Waals surface area contributed by atoms with Gasteiger partial charge in [-0.15, -0.1) is 0 Å². The Balaban J connectivity index is 1.79. The highest BCUT2D eigenvalue weighted by Crippen LogP contribution is 2.22. The standard InChI is InChI=1S/C22H19NS/c24-22(20-14-8-3-9-15-20)23-17-16-21(18-10-4-1-5-11-18)19-12-6-2-7-13-19/h1-16H,17H2,(H,23,24). The molecule has 0 spiro atoms. The second-order valence-electron chi connectivity index (χ2n) is 5.43. The molecule has 0 bridgehead atoms. The molecule has 0 aliphatic carbocycles. The van der Waals surface area contributed by atoms with E-state index in [0.29, 0.717) is 6.54 Å². The average Bonchev–Trinajstić information content (AvgIpc) is 2.67. The third-order valence-electron chi connectivity index (χ3n) is 3.77. The third-order valence-corrected chi connectivity index (χ3v) is 4.15. The molecule has 0 unspecified atom stereocenters. The van der Waals surface area contributed by atoms with Gasteiger partial charge >= 0.3 is 0 Å². The van der Waals surface area contributed by atoms with Gasteiger partial charge in [0.2, 0.25) is 0 Å². The van der Waals surface area contributed by atoms with Crippen LogP contribution in [0.5, 0.6) is 0 Å². The first-order valence-corrected chi connectivity index (χ1v) is 8.39. The van der Waals surface area contributed by atoms with E-state index in [1.54, 1.807) is 0 Å². The summed E-state index contributed by atoms with van der Waals surface area (Å²) in [5, 5.41) is 3.32. The quantitative estimate of drug-likeness (QED) is 0.655. The van der Waals surface area contributed by atoms with Gasteiger partial charge in [0, 0.05) is 12.1 Å². The van der Waals surface area contributed by atoms with E-state index in [4.69, 9.17) is 12.2 Å². The number of nitrogens with one attached hydrogen (secondary N) is 1. The van der Waals surface area contributed by atoms with Crippen molar-refractivity contribution in [2.24, 2.45) is 0 Å². The van der Waals surface area contributed by atoms with Gasteiger partial charge in [-0.3, -0.25) is 0 Å². The van der Waals surface area contributed by atoms with Gasteiger partial charge in [-0.2, -0.15) is 0 Å². The number of hydrogen-bond acceptors (Lipinski definition) is 1. The highest BCUT2D eigenvalue weighted by molar-refractivity contribution is 7.80. The molecule has 0 saturated carbocycles. The Morgan fingerprint density at radius 2 is 1.08 bits per heavy atom. The van der Waals surface area contributed by atoms with E-state index in [2.05, 4.69) is 59.9 Å². The minimum atomic E-state index is 0.687. The molecular weight excluding hydrogens is 310 g/mol. The molecule has 0 radical (unpaired) electrons. The Morgan fingerprint density at radius 3 is 1.54 bits per heavy atom. The van der Waals surface area contributed by atoms with Gasteiger partial charge in [0.1, 0.15) is 4.99 Å². The monoisotopic (exact) mass is 329 g/mol. The van der Waals surface area contributed by atoms with E-state index in [1.165, 1.54) is 16.7 Å². The Hall–Kier alpha value is -2.71. The molecule has 1 N–H and O–H groups in total. The Labute approximate surface area is 148 Å². The number of rotatable bonds is 5. The molecule has 0 fully saturated rings. The summed E-state index contributed by atoms with van der Waals surface area (Å²) in [6.07, 6.45) is 2.19. The lowest BCUT2D eigenvalue weighted by Crippen LogP contribution is -2.22. The van der Waals surface area contributed by atoms with Crippen LogP contribution in [0.15, 0.2) is 97.1 Å². The fourth-order valence-corrected chi connectivity index (χ4v) is 2.79. The molecule has 0 aliphatic rings. The molecule has 0 heterocycles. The van der Waals surface area contributed by atoms with Gasteiger partial charge < -0.3 is 5.32 Å². The average molecular weight is 329 g/mol. The van der Waals surface area contributed by atoms with E-state index in [9.17, 15) is 0 Å². The van der Waals surface area contributed by atoms with Crippen LogP contribution in [0.3, 0.4) is 0 Å². The first-order valence-electron chi connectivity index (χ1n) is 7.99. The summed E-state index contributed by atoms with van der Waals surface area (Å²) >= 11 is 5.47. The smallest absolute Gasteiger partial charge is 0.106 e. The van der Waals surface area contributed by atoms with Crippen molar-refractivity contribution in [2.45, 2.75) is 0 Å². The van der Waals surface area contributed by atoms with Crippen LogP contribution in [0.1, 0.15) is 16.7 Å². The number of thiocarbonyl (C=S) groups is 1. The van der Waals surface area contributed by atoms with Gasteiger partial charge in [-0.1, -0.05) is 109 Å². The lowest BCUT2D eigenvalue weighted by atomic mass is 9.97. The molecule has 0 saturated heterocycles. The van der Waals surface area contributed by atoms with Crippen LogP contribution in [0, 0.1) is 0 Å². The lowest BCUT2D eigenvalue weighted by molar-refractivity contribution is 1.06. The summed E-state index contributed by atoms with van der Waals surface area (Å²) in [6.45, 7) is 0.687.